The van der Waals surface area contributed by atoms with Crippen LogP contribution in [-0.4, -0.2) is 40.4 Å². The van der Waals surface area contributed by atoms with Crippen molar-refractivity contribution in [1.29, 1.82) is 0 Å². The molecule has 0 saturated heterocycles. The lowest BCUT2D eigenvalue weighted by Gasteiger charge is -2.23. The van der Waals surface area contributed by atoms with Gasteiger partial charge in [0.05, 0.1) is 11.2 Å². The highest BCUT2D eigenvalue weighted by atomic mass is 15.3. The molecule has 1 aromatic heterocycles. The molecule has 4 heteroatoms. The van der Waals surface area contributed by atoms with E-state index in [-0.39, 0.29) is 0 Å². The van der Waals surface area contributed by atoms with Crippen molar-refractivity contribution in [3.63, 3.8) is 0 Å². The van der Waals surface area contributed by atoms with Gasteiger partial charge in [-0.3, -0.25) is 4.68 Å². The molecule has 0 aliphatic carbocycles. The van der Waals surface area contributed by atoms with Gasteiger partial charge in [-0.2, -0.15) is 5.10 Å². The quantitative estimate of drug-likeness (QED) is 0.811. The first-order valence-corrected chi connectivity index (χ1v) is 8.09. The maximum absolute atomic E-state index is 4.74. The van der Waals surface area contributed by atoms with Crippen LogP contribution in [0.15, 0.2) is 24.3 Å². The Kier molecular flexibility index (Phi) is 5.76. The number of likely N-dealkylation sites (N-methyl/N-ethyl adjacent to an activating group) is 1. The predicted octanol–water partition coefficient (Wildman–Crippen LogP) is 2.88. The number of fused-ring (bicyclic) bond motifs is 1. The summed E-state index contributed by atoms with van der Waals surface area (Å²) < 4.78 is 2.08. The van der Waals surface area contributed by atoms with E-state index in [4.69, 9.17) is 5.10 Å². The third kappa shape index (κ3) is 3.83. The predicted molar refractivity (Wildman–Crippen MR) is 89.5 cm³/mol. The zero-order chi connectivity index (χ0) is 15.2. The summed E-state index contributed by atoms with van der Waals surface area (Å²) in [6, 6.07) is 8.95. The summed E-state index contributed by atoms with van der Waals surface area (Å²) in [5.74, 6) is 0. The van der Waals surface area contributed by atoms with Crippen LogP contribution < -0.4 is 5.32 Å². The lowest BCUT2D eigenvalue weighted by atomic mass is 10.2. The van der Waals surface area contributed by atoms with Crippen LogP contribution in [0.25, 0.3) is 10.9 Å². The summed E-state index contributed by atoms with van der Waals surface area (Å²) in [5.41, 5.74) is 2.38. The van der Waals surface area contributed by atoms with E-state index in [0.717, 1.165) is 38.4 Å². The Labute approximate surface area is 128 Å². The van der Waals surface area contributed by atoms with E-state index < -0.39 is 0 Å². The molecule has 21 heavy (non-hydrogen) atoms. The second-order valence-corrected chi connectivity index (χ2v) is 5.55. The first-order valence-electron chi connectivity index (χ1n) is 8.09. The zero-order valence-corrected chi connectivity index (χ0v) is 13.8. The summed E-state index contributed by atoms with van der Waals surface area (Å²) in [6.45, 7) is 13.9. The number of aromatic nitrogens is 2. The molecular weight excluding hydrogens is 260 g/mol. The van der Waals surface area contributed by atoms with Crippen molar-refractivity contribution in [3.05, 3.63) is 30.0 Å². The van der Waals surface area contributed by atoms with Crippen molar-refractivity contribution < 1.29 is 0 Å². The second kappa shape index (κ2) is 7.57. The van der Waals surface area contributed by atoms with Gasteiger partial charge in [0.1, 0.15) is 0 Å². The largest absolute Gasteiger partial charge is 0.307 e. The highest BCUT2D eigenvalue weighted by Gasteiger charge is 2.11. The van der Waals surface area contributed by atoms with Crippen molar-refractivity contribution in [2.24, 2.45) is 0 Å². The van der Waals surface area contributed by atoms with Gasteiger partial charge in [0, 0.05) is 31.1 Å². The van der Waals surface area contributed by atoms with E-state index in [2.05, 4.69) is 66.9 Å². The second-order valence-electron chi connectivity index (χ2n) is 5.55. The van der Waals surface area contributed by atoms with Crippen LogP contribution in [0.3, 0.4) is 0 Å². The smallest absolute Gasteiger partial charge is 0.0841 e. The molecule has 2 rings (SSSR count). The van der Waals surface area contributed by atoms with E-state index in [1.807, 2.05) is 0 Å². The lowest BCUT2D eigenvalue weighted by molar-refractivity contribution is 0.270. The van der Waals surface area contributed by atoms with Crippen molar-refractivity contribution in [3.8, 4) is 0 Å². The highest BCUT2D eigenvalue weighted by Crippen LogP contribution is 2.18. The number of benzene rings is 1. The molecule has 1 unspecified atom stereocenters. The van der Waals surface area contributed by atoms with Crippen LogP contribution in [0.1, 0.15) is 33.4 Å². The number of rotatable bonds is 8. The van der Waals surface area contributed by atoms with Gasteiger partial charge in [-0.25, -0.2) is 0 Å². The molecule has 0 bridgehead atoms. The number of hydrogen-bond acceptors (Lipinski definition) is 3. The first kappa shape index (κ1) is 16.0. The third-order valence-corrected chi connectivity index (χ3v) is 4.08. The molecule has 0 aliphatic heterocycles. The maximum Gasteiger partial charge on any atom is 0.0841 e. The van der Waals surface area contributed by atoms with Crippen LogP contribution >= 0.6 is 0 Å². The van der Waals surface area contributed by atoms with Gasteiger partial charge in [-0.1, -0.05) is 32.0 Å². The maximum atomic E-state index is 4.74. The molecule has 0 saturated carbocycles. The van der Waals surface area contributed by atoms with E-state index in [9.17, 15) is 0 Å². The Bertz CT molecular complexity index is 557. The fourth-order valence-electron chi connectivity index (χ4n) is 2.77. The van der Waals surface area contributed by atoms with E-state index in [0.29, 0.717) is 6.04 Å². The average Bonchev–Trinajstić information content (AvgIpc) is 2.88. The Morgan fingerprint density at radius 3 is 2.57 bits per heavy atom. The fourth-order valence-corrected chi connectivity index (χ4v) is 2.77. The van der Waals surface area contributed by atoms with Gasteiger partial charge in [0.2, 0.25) is 0 Å². The molecule has 0 spiro atoms. The number of nitrogens with one attached hydrogen (secondary N) is 1. The van der Waals surface area contributed by atoms with E-state index in [1.165, 1.54) is 10.9 Å². The summed E-state index contributed by atoms with van der Waals surface area (Å²) in [6.07, 6.45) is 0. The Hall–Kier alpha value is -1.39. The van der Waals surface area contributed by atoms with Crippen molar-refractivity contribution in [2.75, 3.05) is 19.6 Å². The molecule has 0 amide bonds. The highest BCUT2D eigenvalue weighted by molar-refractivity contribution is 5.81. The molecule has 1 heterocycles. The monoisotopic (exact) mass is 288 g/mol. The number of hydrogen-bond donors (Lipinski definition) is 1. The first-order chi connectivity index (χ1) is 10.2. The normalized spacial score (nSPS) is 13.2. The van der Waals surface area contributed by atoms with Crippen LogP contribution in [-0.2, 0) is 13.1 Å². The van der Waals surface area contributed by atoms with Gasteiger partial charge in [0.15, 0.2) is 0 Å². The minimum Gasteiger partial charge on any atom is -0.307 e. The Morgan fingerprint density at radius 2 is 1.90 bits per heavy atom. The molecule has 1 aromatic carbocycles. The minimum atomic E-state index is 0.468. The zero-order valence-electron chi connectivity index (χ0n) is 13.8. The van der Waals surface area contributed by atoms with E-state index in [1.54, 1.807) is 0 Å². The molecule has 0 radical (unpaired) electrons. The Morgan fingerprint density at radius 1 is 1.19 bits per heavy atom. The SMILES string of the molecule is CCN(CC)CC(C)NCc1nn(CC)c2ccccc12. The van der Waals surface area contributed by atoms with Crippen LogP contribution in [0.4, 0.5) is 0 Å². The molecule has 0 aliphatic rings. The fraction of sp³-hybridized carbons (Fsp3) is 0.588. The van der Waals surface area contributed by atoms with Crippen molar-refractivity contribution in [2.45, 2.75) is 46.8 Å². The lowest BCUT2D eigenvalue weighted by Crippen LogP contribution is -2.38. The molecule has 2 aromatic rings. The van der Waals surface area contributed by atoms with Gasteiger partial charge in [0.25, 0.3) is 0 Å². The van der Waals surface area contributed by atoms with Gasteiger partial charge >= 0.3 is 0 Å². The third-order valence-electron chi connectivity index (χ3n) is 4.08. The molecule has 4 nitrogen and oxygen atoms in total. The summed E-state index contributed by atoms with van der Waals surface area (Å²) >= 11 is 0. The number of nitrogens with zero attached hydrogens (tertiary/aromatic N) is 3. The van der Waals surface area contributed by atoms with Crippen LogP contribution in [0.2, 0.25) is 0 Å². The standard InChI is InChI=1S/C17H28N4/c1-5-20(6-2)13-14(4)18-12-16-15-10-8-9-11-17(15)21(7-3)19-16/h8-11,14,18H,5-7,12-13H2,1-4H3. The number of aryl methyl sites for hydroxylation is 1. The molecule has 1 N–H and O–H groups in total. The molecule has 0 fully saturated rings. The Balaban J connectivity index is 2.03. The molecule has 1 atom stereocenters. The minimum absolute atomic E-state index is 0.468. The average molecular weight is 288 g/mol. The van der Waals surface area contributed by atoms with Crippen LogP contribution in [0, 0.1) is 0 Å². The van der Waals surface area contributed by atoms with Gasteiger partial charge in [-0.05, 0) is 33.0 Å². The van der Waals surface area contributed by atoms with Crippen molar-refractivity contribution in [1.82, 2.24) is 20.0 Å². The van der Waals surface area contributed by atoms with Crippen LogP contribution in [0.5, 0.6) is 0 Å². The van der Waals surface area contributed by atoms with Gasteiger partial charge < -0.3 is 10.2 Å². The number of para-hydroxylation sites is 1. The van der Waals surface area contributed by atoms with Gasteiger partial charge in [-0.15, -0.1) is 0 Å². The molecule has 116 valence electrons. The summed E-state index contributed by atoms with van der Waals surface area (Å²) in [4.78, 5) is 2.44. The topological polar surface area (TPSA) is 33.1 Å². The summed E-state index contributed by atoms with van der Waals surface area (Å²) in [7, 11) is 0. The van der Waals surface area contributed by atoms with Crippen molar-refractivity contribution >= 4 is 10.9 Å². The van der Waals surface area contributed by atoms with E-state index >= 15 is 0 Å². The molecular formula is C17H28N4. The summed E-state index contributed by atoms with van der Waals surface area (Å²) in [5, 5.41) is 9.62.